The minimum absolute atomic E-state index is 0.00184. The number of carbonyl (C=O) groups is 1. The molecule has 2 atom stereocenters. The van der Waals surface area contributed by atoms with E-state index in [4.69, 9.17) is 4.74 Å². The molecule has 0 radical (unpaired) electrons. The summed E-state index contributed by atoms with van der Waals surface area (Å²) in [5.74, 6) is 0.696. The van der Waals surface area contributed by atoms with Crippen molar-refractivity contribution in [3.05, 3.63) is 59.4 Å². The maximum atomic E-state index is 13.7. The highest BCUT2D eigenvalue weighted by Crippen LogP contribution is 2.43. The van der Waals surface area contributed by atoms with Crippen LogP contribution in [0.1, 0.15) is 50.8 Å². The van der Waals surface area contributed by atoms with E-state index >= 15 is 0 Å². The molecule has 2 fully saturated rings. The predicted molar refractivity (Wildman–Crippen MR) is 132 cm³/mol. The Morgan fingerprint density at radius 1 is 1.18 bits per heavy atom. The molecular formula is C27H35FN4O2. The Kier molecular flexibility index (Phi) is 6.25. The van der Waals surface area contributed by atoms with E-state index in [2.05, 4.69) is 49.2 Å². The summed E-state index contributed by atoms with van der Waals surface area (Å²) in [6.45, 7) is 10.2. The number of hydrogen-bond acceptors (Lipinski definition) is 4. The number of fused-ring (bicyclic) bond motifs is 1. The Morgan fingerprint density at radius 3 is 2.74 bits per heavy atom. The molecule has 2 unspecified atom stereocenters. The van der Waals surface area contributed by atoms with Crippen molar-refractivity contribution in [2.75, 3.05) is 37.6 Å². The lowest BCUT2D eigenvalue weighted by molar-refractivity contribution is 0.0988. The van der Waals surface area contributed by atoms with Gasteiger partial charge in [0.1, 0.15) is 23.3 Å². The van der Waals surface area contributed by atoms with Crippen LogP contribution in [-0.4, -0.2) is 60.3 Å². The lowest BCUT2D eigenvalue weighted by Crippen LogP contribution is -2.56. The molecule has 5 rings (SSSR count). The van der Waals surface area contributed by atoms with Crippen LogP contribution in [0.15, 0.2) is 42.5 Å². The minimum atomic E-state index is -0.297. The van der Waals surface area contributed by atoms with E-state index in [0.29, 0.717) is 6.54 Å². The van der Waals surface area contributed by atoms with Gasteiger partial charge in [0.15, 0.2) is 0 Å². The summed E-state index contributed by atoms with van der Waals surface area (Å²) in [6.07, 6.45) is 2.76. The number of carbonyl (C=O) groups excluding carboxylic acids is 1. The minimum Gasteiger partial charge on any atom is -0.487 e. The molecule has 0 saturated carbocycles. The number of unbranched alkanes of at least 4 members (excludes halogenated alkanes) is 1. The zero-order valence-corrected chi connectivity index (χ0v) is 20.4. The van der Waals surface area contributed by atoms with Crippen molar-refractivity contribution in [1.82, 2.24) is 15.1 Å². The Balaban J connectivity index is 1.51. The fourth-order valence-electron chi connectivity index (χ4n) is 5.58. The van der Waals surface area contributed by atoms with E-state index in [1.54, 1.807) is 12.1 Å². The zero-order valence-electron chi connectivity index (χ0n) is 20.4. The third kappa shape index (κ3) is 4.27. The number of halogens is 1. The highest BCUT2D eigenvalue weighted by Gasteiger charge is 2.45. The zero-order chi connectivity index (χ0) is 23.9. The average molecular weight is 467 g/mol. The standard InChI is InChI=1S/C27H35FN4O2/c1-4-5-14-30-18-24(32(26(30)33)21-11-9-20(28)10-12-21)31-15-13-29-17-23(31)22-8-6-7-19-16-27(2,3)34-25(19)22/h6-12,23-24,29H,4-5,13-18H2,1-3H3. The van der Waals surface area contributed by atoms with Crippen LogP contribution >= 0.6 is 0 Å². The molecule has 0 bridgehead atoms. The Bertz CT molecular complexity index is 1040. The van der Waals surface area contributed by atoms with E-state index in [1.165, 1.54) is 23.3 Å². The van der Waals surface area contributed by atoms with Crippen molar-refractivity contribution in [2.45, 2.75) is 57.8 Å². The van der Waals surface area contributed by atoms with Crippen LogP contribution in [0, 0.1) is 5.82 Å². The number of amides is 2. The molecule has 2 saturated heterocycles. The van der Waals surface area contributed by atoms with E-state index in [1.807, 2.05) is 9.80 Å². The number of anilines is 1. The quantitative estimate of drug-likeness (QED) is 0.678. The fraction of sp³-hybridized carbons (Fsp3) is 0.519. The van der Waals surface area contributed by atoms with Gasteiger partial charge in [0.25, 0.3) is 0 Å². The van der Waals surface area contributed by atoms with Gasteiger partial charge < -0.3 is 15.0 Å². The average Bonchev–Trinajstić information content (AvgIpc) is 3.32. The van der Waals surface area contributed by atoms with Gasteiger partial charge in [-0.3, -0.25) is 9.80 Å². The molecule has 1 N–H and O–H groups in total. The number of urea groups is 1. The van der Waals surface area contributed by atoms with Gasteiger partial charge in [0.05, 0.1) is 12.6 Å². The summed E-state index contributed by atoms with van der Waals surface area (Å²) >= 11 is 0. The van der Waals surface area contributed by atoms with Crippen molar-refractivity contribution in [1.29, 1.82) is 0 Å². The fourth-order valence-corrected chi connectivity index (χ4v) is 5.58. The van der Waals surface area contributed by atoms with Gasteiger partial charge in [-0.2, -0.15) is 0 Å². The number of hydrogen-bond donors (Lipinski definition) is 1. The normalized spacial score (nSPS) is 24.4. The van der Waals surface area contributed by atoms with Crippen molar-refractivity contribution >= 4 is 11.7 Å². The maximum Gasteiger partial charge on any atom is 0.325 e. The summed E-state index contributed by atoms with van der Waals surface area (Å²) in [5, 5.41) is 3.55. The number of para-hydroxylation sites is 1. The van der Waals surface area contributed by atoms with Crippen LogP contribution in [0.4, 0.5) is 14.9 Å². The number of nitrogens with one attached hydrogen (secondary N) is 1. The topological polar surface area (TPSA) is 48.0 Å². The van der Waals surface area contributed by atoms with Crippen molar-refractivity contribution < 1.29 is 13.9 Å². The maximum absolute atomic E-state index is 13.7. The van der Waals surface area contributed by atoms with Gasteiger partial charge >= 0.3 is 6.03 Å². The van der Waals surface area contributed by atoms with Crippen molar-refractivity contribution in [3.63, 3.8) is 0 Å². The van der Waals surface area contributed by atoms with Gasteiger partial charge in [-0.15, -0.1) is 0 Å². The lowest BCUT2D eigenvalue weighted by Gasteiger charge is -2.43. The number of benzene rings is 2. The molecule has 3 aliphatic heterocycles. The van der Waals surface area contributed by atoms with Crippen LogP contribution in [0.25, 0.3) is 0 Å². The first kappa shape index (κ1) is 23.1. The lowest BCUT2D eigenvalue weighted by atomic mass is 9.96. The second kappa shape index (κ2) is 9.19. The van der Waals surface area contributed by atoms with Gasteiger partial charge in [-0.25, -0.2) is 9.18 Å². The molecule has 0 aliphatic carbocycles. The Morgan fingerprint density at radius 2 is 1.97 bits per heavy atom. The van der Waals surface area contributed by atoms with Crippen molar-refractivity contribution in [2.24, 2.45) is 0 Å². The molecular weight excluding hydrogens is 431 g/mol. The molecule has 2 amide bonds. The second-order valence-corrected chi connectivity index (χ2v) is 10.2. The van der Waals surface area contributed by atoms with Gasteiger partial charge in [-0.1, -0.05) is 31.5 Å². The monoisotopic (exact) mass is 466 g/mol. The second-order valence-electron chi connectivity index (χ2n) is 10.2. The predicted octanol–water partition coefficient (Wildman–Crippen LogP) is 4.55. The van der Waals surface area contributed by atoms with E-state index in [9.17, 15) is 9.18 Å². The Hall–Kier alpha value is -2.64. The van der Waals surface area contributed by atoms with Crippen LogP contribution < -0.4 is 15.0 Å². The molecule has 2 aromatic rings. The van der Waals surface area contributed by atoms with Gasteiger partial charge in [-0.05, 0) is 50.1 Å². The van der Waals surface area contributed by atoms with Crippen LogP contribution in [0.5, 0.6) is 5.75 Å². The largest absolute Gasteiger partial charge is 0.487 e. The van der Waals surface area contributed by atoms with Crippen LogP contribution in [0.2, 0.25) is 0 Å². The van der Waals surface area contributed by atoms with Crippen molar-refractivity contribution in [3.8, 4) is 5.75 Å². The summed E-state index contributed by atoms with van der Waals surface area (Å²) in [6, 6.07) is 12.8. The van der Waals surface area contributed by atoms with E-state index < -0.39 is 0 Å². The molecule has 0 aromatic heterocycles. The summed E-state index contributed by atoms with van der Waals surface area (Å²) in [4.78, 5) is 19.8. The SMILES string of the molecule is CCCCN1CC(N2CCNCC2c2cccc3c2OC(C)(C)C3)N(c2ccc(F)cc2)C1=O. The summed E-state index contributed by atoms with van der Waals surface area (Å²) < 4.78 is 20.1. The third-order valence-electron chi connectivity index (χ3n) is 7.19. The number of ether oxygens (including phenoxy) is 1. The number of piperazine rings is 1. The summed E-state index contributed by atoms with van der Waals surface area (Å²) in [5.41, 5.74) is 2.94. The van der Waals surface area contributed by atoms with E-state index in [0.717, 1.165) is 56.9 Å². The molecule has 34 heavy (non-hydrogen) atoms. The Labute approximate surface area is 201 Å². The van der Waals surface area contributed by atoms with Crippen LogP contribution in [-0.2, 0) is 6.42 Å². The molecule has 3 aliphatic rings. The molecule has 6 nitrogen and oxygen atoms in total. The molecule has 2 aromatic carbocycles. The molecule has 3 heterocycles. The van der Waals surface area contributed by atoms with Gasteiger partial charge in [0.2, 0.25) is 0 Å². The summed E-state index contributed by atoms with van der Waals surface area (Å²) in [7, 11) is 0. The smallest absolute Gasteiger partial charge is 0.325 e. The third-order valence-corrected chi connectivity index (χ3v) is 7.19. The molecule has 0 spiro atoms. The first-order chi connectivity index (χ1) is 16.4. The highest BCUT2D eigenvalue weighted by atomic mass is 19.1. The van der Waals surface area contributed by atoms with E-state index in [-0.39, 0.29) is 29.7 Å². The first-order valence-electron chi connectivity index (χ1n) is 12.5. The number of nitrogens with zero attached hydrogens (tertiary/aromatic N) is 3. The highest BCUT2D eigenvalue weighted by molar-refractivity contribution is 5.95. The number of rotatable bonds is 6. The molecule has 182 valence electrons. The van der Waals surface area contributed by atoms with Crippen LogP contribution in [0.3, 0.4) is 0 Å². The van der Waals surface area contributed by atoms with Gasteiger partial charge in [0, 0.05) is 43.9 Å². The first-order valence-corrected chi connectivity index (χ1v) is 12.5. The molecule has 7 heteroatoms.